The molecule has 1 fully saturated rings. The number of pyridine rings is 1. The Morgan fingerprint density at radius 2 is 1.67 bits per heavy atom. The number of hydrogen-bond acceptors (Lipinski definition) is 3. The van der Waals surface area contributed by atoms with Gasteiger partial charge in [0.15, 0.2) is 0 Å². The number of nitrogens with zero attached hydrogens (tertiary/aromatic N) is 3. The van der Waals surface area contributed by atoms with Crippen LogP contribution in [0.4, 0.5) is 0 Å². The lowest BCUT2D eigenvalue weighted by Gasteiger charge is -2.43. The van der Waals surface area contributed by atoms with Gasteiger partial charge in [0, 0.05) is 43.4 Å². The molecule has 4 heteroatoms. The molecule has 5 rings (SSSR count). The Morgan fingerprint density at radius 3 is 2.48 bits per heavy atom. The summed E-state index contributed by atoms with van der Waals surface area (Å²) in [6.45, 7) is 5.01. The van der Waals surface area contributed by atoms with Gasteiger partial charge in [0.25, 0.3) is 5.56 Å². The molecule has 3 aromatic rings. The van der Waals surface area contributed by atoms with Gasteiger partial charge in [-0.1, -0.05) is 54.6 Å². The van der Waals surface area contributed by atoms with Crippen molar-refractivity contribution in [3.63, 3.8) is 0 Å². The summed E-state index contributed by atoms with van der Waals surface area (Å²) in [6.07, 6.45) is 3.54. The number of aromatic nitrogens is 1. The number of rotatable bonds is 7. The summed E-state index contributed by atoms with van der Waals surface area (Å²) in [6, 6.07) is 23.4. The van der Waals surface area contributed by atoms with Crippen molar-refractivity contribution in [3.05, 3.63) is 93.9 Å². The quantitative estimate of drug-likeness (QED) is 0.535. The first kappa shape index (κ1) is 22.1. The average Bonchev–Trinajstić information content (AvgIpc) is 2.81. The molecule has 3 heterocycles. The summed E-state index contributed by atoms with van der Waals surface area (Å²) in [7, 11) is 4.15. The summed E-state index contributed by atoms with van der Waals surface area (Å²) in [5.74, 6) is 1.03. The topological polar surface area (TPSA) is 28.5 Å². The zero-order valence-corrected chi connectivity index (χ0v) is 19.9. The van der Waals surface area contributed by atoms with E-state index < -0.39 is 0 Å². The largest absolute Gasteiger partial charge is 0.311 e. The first-order chi connectivity index (χ1) is 16.1. The van der Waals surface area contributed by atoms with Gasteiger partial charge in [-0.25, -0.2) is 0 Å². The van der Waals surface area contributed by atoms with Crippen molar-refractivity contribution >= 4 is 0 Å². The molecule has 2 aliphatic rings. The van der Waals surface area contributed by atoms with E-state index in [1.165, 1.54) is 29.7 Å². The fraction of sp³-hybridized carbons (Fsp3) is 0.414. The summed E-state index contributed by atoms with van der Waals surface area (Å²) in [4.78, 5) is 18.4. The first-order valence-electron chi connectivity index (χ1n) is 12.3. The standard InChI is InChI=1S/C29H35N3O/c1-30(2)20-24-12-6-7-13-26(24)27-14-15-28-25-17-23(19-32(28)29(27)33)18-31(21-25)16-8-11-22-9-4-3-5-10-22/h3-7,9-10,12-15,23,25H,8,11,16-21H2,1-2H3/t23-,25-/m1/s1. The third-order valence-corrected chi connectivity index (χ3v) is 7.26. The van der Waals surface area contributed by atoms with Gasteiger partial charge in [-0.05, 0) is 74.6 Å². The van der Waals surface area contributed by atoms with E-state index in [-0.39, 0.29) is 5.56 Å². The third-order valence-electron chi connectivity index (χ3n) is 7.26. The van der Waals surface area contributed by atoms with Crippen molar-refractivity contribution in [2.75, 3.05) is 33.7 Å². The zero-order chi connectivity index (χ0) is 22.8. The van der Waals surface area contributed by atoms with E-state index in [9.17, 15) is 4.79 Å². The summed E-state index contributed by atoms with van der Waals surface area (Å²) >= 11 is 0. The maximum atomic E-state index is 13.6. The average molecular weight is 442 g/mol. The van der Waals surface area contributed by atoms with Crippen LogP contribution in [-0.2, 0) is 19.5 Å². The Bertz CT molecular complexity index is 1150. The van der Waals surface area contributed by atoms with Crippen LogP contribution in [0, 0.1) is 5.92 Å². The number of piperidine rings is 1. The van der Waals surface area contributed by atoms with Crippen molar-refractivity contribution in [3.8, 4) is 11.1 Å². The van der Waals surface area contributed by atoms with Crippen LogP contribution in [0.1, 0.15) is 35.6 Å². The SMILES string of the molecule is CN(C)Cc1ccccc1-c1ccc2n(c1=O)C[C@@H]1C[C@@H]2CN(CCCc2ccccc2)C1. The fourth-order valence-electron chi connectivity index (χ4n) is 5.85. The highest BCUT2D eigenvalue weighted by Gasteiger charge is 2.34. The van der Waals surface area contributed by atoms with Crippen LogP contribution in [0.5, 0.6) is 0 Å². The second-order valence-electron chi connectivity index (χ2n) is 10.1. The Morgan fingerprint density at radius 1 is 0.879 bits per heavy atom. The first-order valence-corrected chi connectivity index (χ1v) is 12.3. The Kier molecular flexibility index (Phi) is 6.48. The minimum Gasteiger partial charge on any atom is -0.311 e. The Hall–Kier alpha value is -2.69. The number of likely N-dealkylation sites (tertiary alicyclic amines) is 1. The van der Waals surface area contributed by atoms with Gasteiger partial charge in [-0.15, -0.1) is 0 Å². The van der Waals surface area contributed by atoms with Crippen LogP contribution < -0.4 is 5.56 Å². The summed E-state index contributed by atoms with van der Waals surface area (Å²) < 4.78 is 2.10. The summed E-state index contributed by atoms with van der Waals surface area (Å²) in [5.41, 5.74) is 5.97. The highest BCUT2D eigenvalue weighted by atomic mass is 16.1. The number of hydrogen-bond donors (Lipinski definition) is 0. The molecule has 2 aliphatic heterocycles. The molecule has 0 spiro atoms. The molecule has 2 atom stereocenters. The lowest BCUT2D eigenvalue weighted by molar-refractivity contribution is 0.119. The van der Waals surface area contributed by atoms with E-state index in [1.54, 1.807) is 0 Å². The molecule has 172 valence electrons. The van der Waals surface area contributed by atoms with Gasteiger partial charge in [-0.3, -0.25) is 4.79 Å². The molecule has 2 bridgehead atoms. The molecule has 4 nitrogen and oxygen atoms in total. The van der Waals surface area contributed by atoms with E-state index >= 15 is 0 Å². The number of aryl methyl sites for hydroxylation is 1. The van der Waals surface area contributed by atoms with Gasteiger partial charge < -0.3 is 14.4 Å². The van der Waals surface area contributed by atoms with Crippen molar-refractivity contribution < 1.29 is 0 Å². The fourth-order valence-corrected chi connectivity index (χ4v) is 5.85. The van der Waals surface area contributed by atoms with Gasteiger partial charge in [0.05, 0.1) is 0 Å². The van der Waals surface area contributed by atoms with Crippen LogP contribution in [0.15, 0.2) is 71.5 Å². The van der Waals surface area contributed by atoms with E-state index in [4.69, 9.17) is 0 Å². The lowest BCUT2D eigenvalue weighted by Crippen LogP contribution is -2.47. The minimum atomic E-state index is 0.186. The van der Waals surface area contributed by atoms with Gasteiger partial charge in [0.1, 0.15) is 0 Å². The van der Waals surface area contributed by atoms with Crippen LogP contribution in [0.2, 0.25) is 0 Å². The molecule has 33 heavy (non-hydrogen) atoms. The van der Waals surface area contributed by atoms with Gasteiger partial charge in [0.2, 0.25) is 0 Å². The predicted molar refractivity (Wildman–Crippen MR) is 136 cm³/mol. The molecule has 0 saturated carbocycles. The lowest BCUT2D eigenvalue weighted by atomic mass is 9.82. The molecule has 0 unspecified atom stereocenters. The molecule has 1 saturated heterocycles. The highest BCUT2D eigenvalue weighted by molar-refractivity contribution is 5.66. The Balaban J connectivity index is 1.33. The van der Waals surface area contributed by atoms with Crippen LogP contribution in [0.3, 0.4) is 0 Å². The minimum absolute atomic E-state index is 0.186. The second-order valence-corrected chi connectivity index (χ2v) is 10.1. The van der Waals surface area contributed by atoms with E-state index in [1.807, 2.05) is 6.07 Å². The number of benzene rings is 2. The van der Waals surface area contributed by atoms with Crippen LogP contribution >= 0.6 is 0 Å². The van der Waals surface area contributed by atoms with E-state index in [0.717, 1.165) is 50.3 Å². The van der Waals surface area contributed by atoms with Crippen molar-refractivity contribution in [1.82, 2.24) is 14.4 Å². The van der Waals surface area contributed by atoms with Crippen molar-refractivity contribution in [2.24, 2.45) is 5.92 Å². The van der Waals surface area contributed by atoms with Gasteiger partial charge in [-0.2, -0.15) is 0 Å². The Labute approximate surface area is 197 Å². The molecule has 1 aromatic heterocycles. The van der Waals surface area contributed by atoms with Crippen molar-refractivity contribution in [2.45, 2.75) is 38.3 Å². The second kappa shape index (κ2) is 9.66. The molecule has 0 amide bonds. The highest BCUT2D eigenvalue weighted by Crippen LogP contribution is 2.36. The molecule has 0 aliphatic carbocycles. The number of fused-ring (bicyclic) bond motifs is 4. The molecule has 0 N–H and O–H groups in total. The normalized spacial score (nSPS) is 20.1. The van der Waals surface area contributed by atoms with Crippen LogP contribution in [0.25, 0.3) is 11.1 Å². The maximum Gasteiger partial charge on any atom is 0.258 e. The van der Waals surface area contributed by atoms with Crippen molar-refractivity contribution in [1.29, 1.82) is 0 Å². The van der Waals surface area contributed by atoms with Crippen LogP contribution in [-0.4, -0.2) is 48.1 Å². The molecular weight excluding hydrogens is 406 g/mol. The van der Waals surface area contributed by atoms with E-state index in [2.05, 4.69) is 89.1 Å². The third kappa shape index (κ3) is 4.83. The van der Waals surface area contributed by atoms with Gasteiger partial charge >= 0.3 is 0 Å². The summed E-state index contributed by atoms with van der Waals surface area (Å²) in [5, 5.41) is 0. The predicted octanol–water partition coefficient (Wildman–Crippen LogP) is 4.63. The molecule has 0 radical (unpaired) electrons. The molecule has 2 aromatic carbocycles. The smallest absolute Gasteiger partial charge is 0.258 e. The zero-order valence-electron chi connectivity index (χ0n) is 19.9. The maximum absolute atomic E-state index is 13.6. The molecular formula is C29H35N3O. The monoisotopic (exact) mass is 441 g/mol. The van der Waals surface area contributed by atoms with E-state index in [0.29, 0.717) is 11.8 Å².